The van der Waals surface area contributed by atoms with Crippen LogP contribution in [0.4, 0.5) is 11.4 Å². The molecule has 2 aliphatic rings. The average molecular weight is 266 g/mol. The van der Waals surface area contributed by atoms with Gasteiger partial charge in [0.1, 0.15) is 24.4 Å². The van der Waals surface area contributed by atoms with Crippen LogP contribution in [-0.2, 0) is 4.79 Å². The van der Waals surface area contributed by atoms with Gasteiger partial charge in [-0.05, 0) is 12.1 Å². The zero-order valence-corrected chi connectivity index (χ0v) is 10.4. The summed E-state index contributed by atoms with van der Waals surface area (Å²) in [6.45, 7) is 0.537. The lowest BCUT2D eigenvalue weighted by molar-refractivity contribution is -0.130. The van der Waals surface area contributed by atoms with Gasteiger partial charge in [0.05, 0.1) is 6.20 Å². The number of nitrogens with zero attached hydrogens (tertiary/aromatic N) is 4. The summed E-state index contributed by atoms with van der Waals surface area (Å²) in [5.74, 6) is -0.0910. The summed E-state index contributed by atoms with van der Waals surface area (Å²) in [6.07, 6.45) is 4.80. The SMILES string of the molecule is O=C1Oc2ncncc2N2CN(c3ccccc3)C=C12. The molecule has 98 valence electrons. The Morgan fingerprint density at radius 1 is 1.20 bits per heavy atom. The van der Waals surface area contributed by atoms with E-state index in [4.69, 9.17) is 4.74 Å². The van der Waals surface area contributed by atoms with Crippen molar-refractivity contribution >= 4 is 17.3 Å². The summed E-state index contributed by atoms with van der Waals surface area (Å²) >= 11 is 0. The van der Waals surface area contributed by atoms with Crippen LogP contribution >= 0.6 is 0 Å². The molecule has 0 saturated carbocycles. The Balaban J connectivity index is 1.76. The van der Waals surface area contributed by atoms with Crippen LogP contribution in [0.25, 0.3) is 0 Å². The molecule has 3 heterocycles. The number of ether oxygens (including phenoxy) is 1. The number of rotatable bonds is 1. The minimum atomic E-state index is -0.394. The molecule has 0 radical (unpaired) electrons. The van der Waals surface area contributed by atoms with Crippen molar-refractivity contribution < 1.29 is 9.53 Å². The largest absolute Gasteiger partial charge is 0.400 e. The van der Waals surface area contributed by atoms with E-state index >= 15 is 0 Å². The molecule has 0 saturated heterocycles. The number of hydrogen-bond acceptors (Lipinski definition) is 6. The summed E-state index contributed by atoms with van der Waals surface area (Å²) in [5.41, 5.74) is 2.22. The highest BCUT2D eigenvalue weighted by molar-refractivity contribution is 5.99. The van der Waals surface area contributed by atoms with Crippen molar-refractivity contribution in [2.24, 2.45) is 0 Å². The highest BCUT2D eigenvalue weighted by Gasteiger charge is 2.36. The van der Waals surface area contributed by atoms with Crippen LogP contribution in [0.5, 0.6) is 5.88 Å². The zero-order valence-electron chi connectivity index (χ0n) is 10.4. The Hall–Kier alpha value is -2.89. The van der Waals surface area contributed by atoms with Crippen LogP contribution in [0.15, 0.2) is 54.8 Å². The first kappa shape index (κ1) is 11.0. The lowest BCUT2D eigenvalue weighted by Crippen LogP contribution is -2.34. The number of benzene rings is 1. The van der Waals surface area contributed by atoms with Gasteiger partial charge in [-0.2, -0.15) is 4.98 Å². The molecule has 2 aliphatic heterocycles. The van der Waals surface area contributed by atoms with Crippen LogP contribution < -0.4 is 14.5 Å². The van der Waals surface area contributed by atoms with E-state index in [-0.39, 0.29) is 0 Å². The van der Waals surface area contributed by atoms with Crippen molar-refractivity contribution in [3.63, 3.8) is 0 Å². The van der Waals surface area contributed by atoms with Gasteiger partial charge in [-0.3, -0.25) is 0 Å². The van der Waals surface area contributed by atoms with Crippen LogP contribution in [0.1, 0.15) is 0 Å². The van der Waals surface area contributed by atoms with Gasteiger partial charge >= 0.3 is 5.97 Å². The molecule has 1 aromatic heterocycles. The van der Waals surface area contributed by atoms with E-state index < -0.39 is 5.97 Å². The van der Waals surface area contributed by atoms with E-state index in [9.17, 15) is 4.79 Å². The molecule has 1 aromatic carbocycles. The molecule has 0 aliphatic carbocycles. The van der Waals surface area contributed by atoms with Gasteiger partial charge in [-0.15, -0.1) is 0 Å². The highest BCUT2D eigenvalue weighted by Crippen LogP contribution is 2.37. The summed E-state index contributed by atoms with van der Waals surface area (Å²) in [5, 5.41) is 0. The quantitative estimate of drug-likeness (QED) is 0.729. The van der Waals surface area contributed by atoms with Crippen LogP contribution in [-0.4, -0.2) is 22.6 Å². The number of hydrogen-bond donors (Lipinski definition) is 0. The third kappa shape index (κ3) is 1.55. The molecular formula is C14H10N4O2. The maximum atomic E-state index is 12.0. The molecule has 0 bridgehead atoms. The second kappa shape index (κ2) is 4.06. The number of carbonyl (C=O) groups is 1. The first-order valence-electron chi connectivity index (χ1n) is 6.16. The third-order valence-electron chi connectivity index (χ3n) is 3.30. The van der Waals surface area contributed by atoms with Gasteiger partial charge in [0.2, 0.25) is 5.88 Å². The zero-order chi connectivity index (χ0) is 13.5. The molecule has 0 fully saturated rings. The number of aromatic nitrogens is 2. The predicted molar refractivity (Wildman–Crippen MR) is 72.0 cm³/mol. The standard InChI is InChI=1S/C14H10N4O2/c19-14-12-7-17(10-4-2-1-3-5-10)9-18(12)11-6-15-8-16-13(11)20-14/h1-8H,9H2. The summed E-state index contributed by atoms with van der Waals surface area (Å²) in [4.78, 5) is 23.8. The van der Waals surface area contributed by atoms with E-state index in [0.717, 1.165) is 5.69 Å². The van der Waals surface area contributed by atoms with Gasteiger partial charge in [0, 0.05) is 11.9 Å². The average Bonchev–Trinajstić information content (AvgIpc) is 2.94. The highest BCUT2D eigenvalue weighted by atomic mass is 16.5. The van der Waals surface area contributed by atoms with Crippen molar-refractivity contribution in [1.29, 1.82) is 0 Å². The van der Waals surface area contributed by atoms with E-state index in [1.807, 2.05) is 40.1 Å². The smallest absolute Gasteiger partial charge is 0.363 e. The molecule has 0 atom stereocenters. The van der Waals surface area contributed by atoms with E-state index in [1.54, 1.807) is 12.4 Å². The van der Waals surface area contributed by atoms with Crippen molar-refractivity contribution in [3.05, 3.63) is 54.8 Å². The van der Waals surface area contributed by atoms with E-state index in [1.165, 1.54) is 6.33 Å². The Morgan fingerprint density at radius 3 is 2.90 bits per heavy atom. The monoisotopic (exact) mass is 266 g/mol. The number of para-hydroxylation sites is 1. The second-order valence-corrected chi connectivity index (χ2v) is 4.49. The molecule has 6 nitrogen and oxygen atoms in total. The fraction of sp³-hybridized carbons (Fsp3) is 0.0714. The topological polar surface area (TPSA) is 58.6 Å². The molecule has 0 N–H and O–H groups in total. The minimum absolute atomic E-state index is 0.303. The van der Waals surface area contributed by atoms with Crippen LogP contribution in [0.2, 0.25) is 0 Å². The maximum absolute atomic E-state index is 12.0. The Bertz CT molecular complexity index is 714. The molecule has 0 unspecified atom stereocenters. The fourth-order valence-electron chi connectivity index (χ4n) is 2.35. The molecular weight excluding hydrogens is 256 g/mol. The van der Waals surface area contributed by atoms with Crippen LogP contribution in [0.3, 0.4) is 0 Å². The Morgan fingerprint density at radius 2 is 2.05 bits per heavy atom. The number of esters is 1. The molecule has 20 heavy (non-hydrogen) atoms. The summed E-state index contributed by atoms with van der Waals surface area (Å²) < 4.78 is 5.20. The van der Waals surface area contributed by atoms with Gasteiger partial charge < -0.3 is 14.5 Å². The molecule has 0 amide bonds. The van der Waals surface area contributed by atoms with E-state index in [0.29, 0.717) is 23.9 Å². The van der Waals surface area contributed by atoms with E-state index in [2.05, 4.69) is 9.97 Å². The molecule has 0 spiro atoms. The summed E-state index contributed by atoms with van der Waals surface area (Å²) in [6, 6.07) is 9.85. The first-order chi connectivity index (χ1) is 9.83. The minimum Gasteiger partial charge on any atom is -0.400 e. The first-order valence-corrected chi connectivity index (χ1v) is 6.16. The van der Waals surface area contributed by atoms with Crippen molar-refractivity contribution in [2.75, 3.05) is 16.5 Å². The predicted octanol–water partition coefficient (Wildman–Crippen LogP) is 1.52. The molecule has 4 rings (SSSR count). The number of fused-ring (bicyclic) bond motifs is 3. The lowest BCUT2D eigenvalue weighted by atomic mass is 10.3. The number of anilines is 2. The Kier molecular flexibility index (Phi) is 2.23. The van der Waals surface area contributed by atoms with Gasteiger partial charge in [-0.1, -0.05) is 18.2 Å². The third-order valence-corrected chi connectivity index (χ3v) is 3.30. The second-order valence-electron chi connectivity index (χ2n) is 4.49. The van der Waals surface area contributed by atoms with Gasteiger partial charge in [0.25, 0.3) is 0 Å². The molecule has 6 heteroatoms. The Labute approximate surface area is 114 Å². The lowest BCUT2D eigenvalue weighted by Gasteiger charge is -2.27. The molecule has 2 aromatic rings. The van der Waals surface area contributed by atoms with Crippen molar-refractivity contribution in [3.8, 4) is 5.88 Å². The number of carbonyl (C=O) groups excluding carboxylic acids is 1. The normalized spacial score (nSPS) is 16.4. The van der Waals surface area contributed by atoms with Crippen molar-refractivity contribution in [1.82, 2.24) is 9.97 Å². The van der Waals surface area contributed by atoms with Gasteiger partial charge in [-0.25, -0.2) is 9.78 Å². The van der Waals surface area contributed by atoms with Gasteiger partial charge in [0.15, 0.2) is 0 Å². The van der Waals surface area contributed by atoms with Crippen molar-refractivity contribution in [2.45, 2.75) is 0 Å². The maximum Gasteiger partial charge on any atom is 0.363 e. The fourth-order valence-corrected chi connectivity index (χ4v) is 2.35. The summed E-state index contributed by atoms with van der Waals surface area (Å²) in [7, 11) is 0. The van der Waals surface area contributed by atoms with Crippen LogP contribution in [0, 0.1) is 0 Å².